The molecule has 0 aliphatic rings. The first-order chi connectivity index (χ1) is 7.74. The molecule has 0 heterocycles. The molecule has 1 rings (SSSR count). The lowest BCUT2D eigenvalue weighted by Gasteiger charge is -2.00. The highest BCUT2D eigenvalue weighted by molar-refractivity contribution is 6.41. The fraction of sp³-hybridized carbons (Fsp3) is 0.308. The molecule has 1 aromatic rings. The molecule has 0 saturated carbocycles. The molecule has 0 fully saturated rings. The molecule has 0 saturated heterocycles. The van der Waals surface area contributed by atoms with Crippen molar-refractivity contribution in [3.63, 3.8) is 0 Å². The van der Waals surface area contributed by atoms with E-state index in [0.717, 1.165) is 12.8 Å². The molecule has 0 atom stereocenters. The number of benzene rings is 1. The zero-order valence-corrected chi connectivity index (χ0v) is 10.0. The lowest BCUT2D eigenvalue weighted by Crippen LogP contribution is -2.03. The summed E-state index contributed by atoms with van der Waals surface area (Å²) >= 11 is 5.76. The monoisotopic (exact) mass is 238 g/mol. The van der Waals surface area contributed by atoms with E-state index in [1.807, 2.05) is 30.3 Å². The molecular weight excluding hydrogens is 224 g/mol. The van der Waals surface area contributed by atoms with E-state index in [2.05, 4.69) is 0 Å². The number of halogens is 1. The highest BCUT2D eigenvalue weighted by Gasteiger charge is 2.05. The number of hydrogen-bond donors (Lipinski definition) is 0. The maximum Gasteiger partial charge on any atom is 0.349 e. The van der Waals surface area contributed by atoms with E-state index in [4.69, 9.17) is 16.3 Å². The number of hydrogen-bond acceptors (Lipinski definition) is 2. The first-order valence-corrected chi connectivity index (χ1v) is 5.68. The Hall–Kier alpha value is -1.28. The van der Waals surface area contributed by atoms with E-state index in [9.17, 15) is 4.79 Å². The zero-order chi connectivity index (χ0) is 11.8. The summed E-state index contributed by atoms with van der Waals surface area (Å²) in [6, 6.07) is 10.1. The van der Waals surface area contributed by atoms with Crippen molar-refractivity contribution in [1.82, 2.24) is 0 Å². The topological polar surface area (TPSA) is 26.3 Å². The fourth-order valence-electron chi connectivity index (χ4n) is 1.29. The second-order valence-electron chi connectivity index (χ2n) is 3.30. The molecule has 0 aliphatic carbocycles. The van der Waals surface area contributed by atoms with Crippen molar-refractivity contribution in [3.05, 3.63) is 47.0 Å². The van der Waals surface area contributed by atoms with Gasteiger partial charge in [-0.3, -0.25) is 0 Å². The number of carbonyl (C=O) groups excluding carboxylic acids is 1. The molecule has 0 radical (unpaired) electrons. The van der Waals surface area contributed by atoms with Gasteiger partial charge in [-0.2, -0.15) is 0 Å². The van der Waals surface area contributed by atoms with Crippen LogP contribution >= 0.6 is 11.6 Å². The lowest BCUT2D eigenvalue weighted by molar-refractivity contribution is -0.137. The third kappa shape index (κ3) is 4.49. The Kier molecular flexibility index (Phi) is 5.65. The smallest absolute Gasteiger partial charge is 0.349 e. The first kappa shape index (κ1) is 12.8. The third-order valence-electron chi connectivity index (χ3n) is 2.07. The summed E-state index contributed by atoms with van der Waals surface area (Å²) in [5, 5.41) is 0.165. The predicted octanol–water partition coefficient (Wildman–Crippen LogP) is 3.31. The van der Waals surface area contributed by atoms with Gasteiger partial charge in [-0.05, 0) is 25.3 Å². The zero-order valence-electron chi connectivity index (χ0n) is 9.28. The van der Waals surface area contributed by atoms with Gasteiger partial charge in [0.25, 0.3) is 0 Å². The Balaban J connectivity index is 2.39. The van der Waals surface area contributed by atoms with Crippen LogP contribution in [0.1, 0.15) is 18.9 Å². The summed E-state index contributed by atoms with van der Waals surface area (Å²) < 4.78 is 4.77. The Morgan fingerprint density at radius 3 is 2.69 bits per heavy atom. The van der Waals surface area contributed by atoms with E-state index in [0.29, 0.717) is 6.61 Å². The molecule has 0 unspecified atom stereocenters. The summed E-state index contributed by atoms with van der Waals surface area (Å²) in [4.78, 5) is 11.2. The van der Waals surface area contributed by atoms with Gasteiger partial charge in [-0.25, -0.2) is 4.79 Å². The van der Waals surface area contributed by atoms with Crippen LogP contribution in [0.3, 0.4) is 0 Å². The van der Waals surface area contributed by atoms with Crippen LogP contribution in [0.15, 0.2) is 41.4 Å². The highest BCUT2D eigenvalue weighted by atomic mass is 35.5. The van der Waals surface area contributed by atoms with E-state index >= 15 is 0 Å². The molecule has 0 aliphatic heterocycles. The van der Waals surface area contributed by atoms with Gasteiger partial charge in [0, 0.05) is 0 Å². The molecule has 1 aromatic carbocycles. The largest absolute Gasteiger partial charge is 0.462 e. The molecule has 0 bridgehead atoms. The molecule has 16 heavy (non-hydrogen) atoms. The molecule has 0 amide bonds. The van der Waals surface area contributed by atoms with Gasteiger partial charge in [0.1, 0.15) is 5.03 Å². The first-order valence-electron chi connectivity index (χ1n) is 5.30. The van der Waals surface area contributed by atoms with Gasteiger partial charge in [0.15, 0.2) is 0 Å². The summed E-state index contributed by atoms with van der Waals surface area (Å²) in [7, 11) is 0. The number of allylic oxidation sites excluding steroid dienone is 1. The second-order valence-corrected chi connectivity index (χ2v) is 3.70. The minimum atomic E-state index is -0.447. The van der Waals surface area contributed by atoms with Crippen LogP contribution in [-0.2, 0) is 16.0 Å². The van der Waals surface area contributed by atoms with Crippen molar-refractivity contribution in [2.24, 2.45) is 0 Å². The maximum atomic E-state index is 11.2. The van der Waals surface area contributed by atoms with E-state index < -0.39 is 5.97 Å². The van der Waals surface area contributed by atoms with Gasteiger partial charge in [-0.15, -0.1) is 0 Å². The lowest BCUT2D eigenvalue weighted by atomic mass is 10.1. The molecule has 3 heteroatoms. The Morgan fingerprint density at radius 1 is 1.38 bits per heavy atom. The van der Waals surface area contributed by atoms with E-state index in [-0.39, 0.29) is 5.03 Å². The molecule has 0 aromatic heterocycles. The van der Waals surface area contributed by atoms with E-state index in [1.165, 1.54) is 5.56 Å². The number of rotatable bonds is 5. The van der Waals surface area contributed by atoms with Crippen molar-refractivity contribution < 1.29 is 9.53 Å². The number of carbonyl (C=O) groups is 1. The van der Waals surface area contributed by atoms with Gasteiger partial charge in [0.2, 0.25) is 0 Å². The van der Waals surface area contributed by atoms with Crippen LogP contribution in [0.5, 0.6) is 0 Å². The fourth-order valence-corrected chi connectivity index (χ4v) is 1.46. The number of aryl methyl sites for hydroxylation is 1. The van der Waals surface area contributed by atoms with Crippen molar-refractivity contribution in [3.8, 4) is 0 Å². The average molecular weight is 239 g/mol. The molecular formula is C13H15ClO2. The number of esters is 1. The van der Waals surface area contributed by atoms with Crippen molar-refractivity contribution >= 4 is 17.6 Å². The quantitative estimate of drug-likeness (QED) is 0.581. The molecule has 2 nitrogen and oxygen atoms in total. The minimum absolute atomic E-state index is 0.165. The summed E-state index contributed by atoms with van der Waals surface area (Å²) in [6.45, 7) is 2.10. The van der Waals surface area contributed by atoms with Crippen LogP contribution in [0.25, 0.3) is 0 Å². The van der Waals surface area contributed by atoms with Crippen LogP contribution in [0.2, 0.25) is 0 Å². The van der Waals surface area contributed by atoms with Crippen LogP contribution in [0.4, 0.5) is 0 Å². The summed E-state index contributed by atoms with van der Waals surface area (Å²) in [6.07, 6.45) is 3.31. The Bertz CT molecular complexity index is 357. The molecule has 86 valence electrons. The van der Waals surface area contributed by atoms with Crippen molar-refractivity contribution in [2.45, 2.75) is 19.8 Å². The summed E-state index contributed by atoms with van der Waals surface area (Å²) in [5.74, 6) is -0.447. The molecule has 0 spiro atoms. The maximum absolute atomic E-state index is 11.2. The van der Waals surface area contributed by atoms with E-state index in [1.54, 1.807) is 13.0 Å². The third-order valence-corrected chi connectivity index (χ3v) is 2.38. The van der Waals surface area contributed by atoms with Crippen molar-refractivity contribution in [1.29, 1.82) is 0 Å². The normalized spacial score (nSPS) is 11.2. The van der Waals surface area contributed by atoms with Crippen LogP contribution < -0.4 is 0 Å². The standard InChI is InChI=1S/C13H15ClO2/c1-2-16-13(15)12(14)10-6-9-11-7-4-3-5-8-11/h3-5,7-8,10H,2,6,9H2,1H3/b12-10-. The molecule has 0 N–H and O–H groups in total. The van der Waals surface area contributed by atoms with Crippen LogP contribution in [0, 0.1) is 0 Å². The minimum Gasteiger partial charge on any atom is -0.462 e. The number of ether oxygens (including phenoxy) is 1. The Morgan fingerprint density at radius 2 is 2.06 bits per heavy atom. The average Bonchev–Trinajstić information content (AvgIpc) is 2.30. The Labute approximate surface area is 101 Å². The second kappa shape index (κ2) is 7.07. The van der Waals surface area contributed by atoms with Gasteiger partial charge in [0.05, 0.1) is 6.61 Å². The van der Waals surface area contributed by atoms with Gasteiger partial charge < -0.3 is 4.74 Å². The van der Waals surface area contributed by atoms with Gasteiger partial charge in [-0.1, -0.05) is 48.0 Å². The highest BCUT2D eigenvalue weighted by Crippen LogP contribution is 2.09. The van der Waals surface area contributed by atoms with Gasteiger partial charge >= 0.3 is 5.97 Å². The van der Waals surface area contributed by atoms with Crippen molar-refractivity contribution in [2.75, 3.05) is 6.61 Å². The SMILES string of the molecule is CCOC(=O)/C(Cl)=C/CCc1ccccc1. The van der Waals surface area contributed by atoms with Crippen LogP contribution in [-0.4, -0.2) is 12.6 Å². The summed E-state index contributed by atoms with van der Waals surface area (Å²) in [5.41, 5.74) is 1.23. The predicted molar refractivity (Wildman–Crippen MR) is 65.3 cm³/mol.